The molecule has 1 rings (SSSR count). The number of unbranched alkanes of at least 4 members (excludes halogenated alkanes) is 9. The van der Waals surface area contributed by atoms with Crippen molar-refractivity contribution in [1.29, 1.82) is 0 Å². The molecule has 0 aromatic rings. The second-order valence-electron chi connectivity index (χ2n) is 11.6. The Labute approximate surface area is 270 Å². The van der Waals surface area contributed by atoms with Crippen LogP contribution in [0.15, 0.2) is 36.5 Å². The molecule has 1 saturated heterocycles. The van der Waals surface area contributed by atoms with Crippen LogP contribution in [0.1, 0.15) is 117 Å². The van der Waals surface area contributed by atoms with E-state index in [4.69, 9.17) is 18.9 Å². The van der Waals surface area contributed by atoms with Crippen molar-refractivity contribution in [1.82, 2.24) is 0 Å². The summed E-state index contributed by atoms with van der Waals surface area (Å²) < 4.78 is 21.8. The van der Waals surface area contributed by atoms with Crippen LogP contribution in [0.4, 0.5) is 0 Å². The highest BCUT2D eigenvalue weighted by Gasteiger charge is 2.44. The number of rotatable bonds is 26. The third-order valence-corrected chi connectivity index (χ3v) is 7.52. The van der Waals surface area contributed by atoms with Gasteiger partial charge in [-0.15, -0.1) is 0 Å². The fraction of sp³-hybridized carbons (Fsp3) is 0.771. The lowest BCUT2D eigenvalue weighted by molar-refractivity contribution is -0.305. The van der Waals surface area contributed by atoms with E-state index in [0.717, 1.165) is 32.1 Å². The molecule has 3 unspecified atom stereocenters. The molecule has 1 heterocycles. The molecule has 10 nitrogen and oxygen atoms in total. The number of carbonyl (C=O) groups excluding carboxylic acids is 2. The first-order valence-corrected chi connectivity index (χ1v) is 17.1. The smallest absolute Gasteiger partial charge is 0.306 e. The van der Waals surface area contributed by atoms with Crippen LogP contribution in [0, 0.1) is 0 Å². The van der Waals surface area contributed by atoms with Gasteiger partial charge in [0.15, 0.2) is 12.4 Å². The molecule has 0 amide bonds. The fourth-order valence-electron chi connectivity index (χ4n) is 4.73. The number of hydrogen-bond acceptors (Lipinski definition) is 10. The van der Waals surface area contributed by atoms with Crippen LogP contribution in [-0.4, -0.2) is 89.0 Å². The van der Waals surface area contributed by atoms with E-state index in [-0.39, 0.29) is 26.1 Å². The molecule has 0 aromatic carbocycles. The lowest BCUT2D eigenvalue weighted by atomic mass is 9.99. The van der Waals surface area contributed by atoms with Gasteiger partial charge >= 0.3 is 11.9 Å². The highest BCUT2D eigenvalue weighted by Crippen LogP contribution is 2.22. The molecule has 45 heavy (non-hydrogen) atoms. The van der Waals surface area contributed by atoms with Gasteiger partial charge in [0.1, 0.15) is 31.0 Å². The Bertz CT molecular complexity index is 840. The topological polar surface area (TPSA) is 152 Å². The third-order valence-electron chi connectivity index (χ3n) is 7.52. The summed E-state index contributed by atoms with van der Waals surface area (Å²) in [6.07, 6.45) is 19.3. The van der Waals surface area contributed by atoms with Crippen LogP contribution in [-0.2, 0) is 28.5 Å². The summed E-state index contributed by atoms with van der Waals surface area (Å²) in [6.45, 7) is 3.20. The number of esters is 2. The number of ether oxygens (including phenoxy) is 4. The molecule has 0 bridgehead atoms. The quantitative estimate of drug-likeness (QED) is 0.0563. The van der Waals surface area contributed by atoms with Crippen molar-refractivity contribution in [2.24, 2.45) is 0 Å². The second-order valence-corrected chi connectivity index (χ2v) is 11.6. The Balaban J connectivity index is 2.52. The molecule has 4 N–H and O–H groups in total. The average molecular weight is 641 g/mol. The van der Waals surface area contributed by atoms with E-state index in [1.807, 2.05) is 18.2 Å². The van der Waals surface area contributed by atoms with Crippen LogP contribution in [0.2, 0.25) is 0 Å². The van der Waals surface area contributed by atoms with Crippen LogP contribution < -0.4 is 0 Å². The zero-order valence-corrected chi connectivity index (χ0v) is 27.6. The summed E-state index contributed by atoms with van der Waals surface area (Å²) in [7, 11) is 0. The van der Waals surface area contributed by atoms with E-state index in [2.05, 4.69) is 32.1 Å². The Kier molecular flexibility index (Phi) is 24.6. The Morgan fingerprint density at radius 3 is 1.93 bits per heavy atom. The standard InChI is InChI=1S/C35H60O10/c1-3-5-7-9-11-12-13-14-15-16-18-20-22-24-31(38)44-28(26-42-30(37)23-21-19-17-10-8-6-4-2)27-43-35-34(41)33(40)32(39)29(25-36)45-35/h14-15,17-20,28-29,32-36,39-41H,3-13,16,21-27H2,1-2H3/b15-14+,19-17+,20-18+/t28?,29-,32+,33?,34?,35-/m0/s1. The van der Waals surface area contributed by atoms with Gasteiger partial charge in [0.2, 0.25) is 0 Å². The molecule has 0 radical (unpaired) electrons. The first-order valence-electron chi connectivity index (χ1n) is 17.1. The molecule has 1 aliphatic rings. The zero-order valence-electron chi connectivity index (χ0n) is 27.6. The molecule has 0 aromatic heterocycles. The Morgan fingerprint density at radius 1 is 0.689 bits per heavy atom. The monoisotopic (exact) mass is 640 g/mol. The van der Waals surface area contributed by atoms with Crippen molar-refractivity contribution in [2.75, 3.05) is 19.8 Å². The van der Waals surface area contributed by atoms with E-state index in [9.17, 15) is 30.0 Å². The molecular formula is C35H60O10. The van der Waals surface area contributed by atoms with Crippen LogP contribution in [0.5, 0.6) is 0 Å². The minimum atomic E-state index is -1.60. The fourth-order valence-corrected chi connectivity index (χ4v) is 4.73. The molecule has 0 saturated carbocycles. The molecular weight excluding hydrogens is 580 g/mol. The zero-order chi connectivity index (χ0) is 33.1. The van der Waals surface area contributed by atoms with Crippen LogP contribution in [0.25, 0.3) is 0 Å². The number of allylic oxidation sites excluding steroid dienone is 6. The van der Waals surface area contributed by atoms with Crippen molar-refractivity contribution in [3.05, 3.63) is 36.5 Å². The predicted molar refractivity (Wildman–Crippen MR) is 173 cm³/mol. The summed E-state index contributed by atoms with van der Waals surface area (Å²) in [4.78, 5) is 24.9. The largest absolute Gasteiger partial charge is 0.462 e. The van der Waals surface area contributed by atoms with E-state index in [1.54, 1.807) is 0 Å². The molecule has 10 heteroatoms. The van der Waals surface area contributed by atoms with Crippen molar-refractivity contribution in [2.45, 2.75) is 153 Å². The molecule has 1 aliphatic heterocycles. The number of carbonyl (C=O) groups is 2. The summed E-state index contributed by atoms with van der Waals surface area (Å²) in [5.74, 6) is -0.957. The third kappa shape index (κ3) is 19.9. The highest BCUT2D eigenvalue weighted by atomic mass is 16.7. The minimum absolute atomic E-state index is 0.116. The summed E-state index contributed by atoms with van der Waals surface area (Å²) in [6, 6.07) is 0. The number of hydrogen-bond donors (Lipinski definition) is 4. The number of aliphatic hydroxyl groups excluding tert-OH is 4. The first-order chi connectivity index (χ1) is 21.8. The van der Waals surface area contributed by atoms with Crippen LogP contribution >= 0.6 is 0 Å². The lowest BCUT2D eigenvalue weighted by Crippen LogP contribution is -2.59. The van der Waals surface area contributed by atoms with Crippen molar-refractivity contribution in [3.63, 3.8) is 0 Å². The van der Waals surface area contributed by atoms with E-state index >= 15 is 0 Å². The first kappa shape index (κ1) is 40.9. The van der Waals surface area contributed by atoms with Gasteiger partial charge in [0, 0.05) is 12.8 Å². The van der Waals surface area contributed by atoms with Crippen LogP contribution in [0.3, 0.4) is 0 Å². The maximum Gasteiger partial charge on any atom is 0.306 e. The summed E-state index contributed by atoms with van der Waals surface area (Å²) in [5, 5.41) is 39.7. The van der Waals surface area contributed by atoms with Gasteiger partial charge in [-0.1, -0.05) is 95.2 Å². The van der Waals surface area contributed by atoms with Crippen molar-refractivity contribution < 1.29 is 49.0 Å². The number of aliphatic hydroxyl groups is 4. The van der Waals surface area contributed by atoms with E-state index < -0.39 is 55.4 Å². The molecule has 0 spiro atoms. The average Bonchev–Trinajstić information content (AvgIpc) is 3.03. The van der Waals surface area contributed by atoms with Gasteiger partial charge in [-0.05, 0) is 44.9 Å². The molecule has 260 valence electrons. The molecule has 6 atom stereocenters. The van der Waals surface area contributed by atoms with Crippen molar-refractivity contribution >= 4 is 11.9 Å². The van der Waals surface area contributed by atoms with Gasteiger partial charge in [0.05, 0.1) is 13.2 Å². The predicted octanol–water partition coefficient (Wildman–Crippen LogP) is 5.21. The van der Waals surface area contributed by atoms with E-state index in [1.165, 1.54) is 44.9 Å². The maximum absolute atomic E-state index is 12.6. The van der Waals surface area contributed by atoms with Crippen molar-refractivity contribution in [3.8, 4) is 0 Å². The highest BCUT2D eigenvalue weighted by molar-refractivity contribution is 5.70. The summed E-state index contributed by atoms with van der Waals surface area (Å²) >= 11 is 0. The van der Waals surface area contributed by atoms with Gasteiger partial charge in [-0.3, -0.25) is 9.59 Å². The Hall–Kier alpha value is -2.08. The van der Waals surface area contributed by atoms with E-state index in [0.29, 0.717) is 12.8 Å². The van der Waals surface area contributed by atoms with Gasteiger partial charge in [-0.2, -0.15) is 0 Å². The Morgan fingerprint density at radius 2 is 1.24 bits per heavy atom. The van der Waals surface area contributed by atoms with Gasteiger partial charge < -0.3 is 39.4 Å². The lowest BCUT2D eigenvalue weighted by Gasteiger charge is -2.39. The van der Waals surface area contributed by atoms with Gasteiger partial charge in [-0.25, -0.2) is 0 Å². The minimum Gasteiger partial charge on any atom is -0.462 e. The second kappa shape index (κ2) is 27.1. The summed E-state index contributed by atoms with van der Waals surface area (Å²) in [5.41, 5.74) is 0. The van der Waals surface area contributed by atoms with Gasteiger partial charge in [0.25, 0.3) is 0 Å². The maximum atomic E-state index is 12.6. The molecule has 1 fully saturated rings. The normalized spacial score (nSPS) is 22.8. The SMILES string of the molecule is CCCCC/C=C/CCC(=O)OCC(CO[C@H]1O[C@@H](CO)[C@@H](O)C(O)C1O)OC(=O)CC/C=C/C/C=C/CCCCCCCC. The molecule has 0 aliphatic carbocycles.